The molecule has 4 nitrogen and oxygen atoms in total. The van der Waals surface area contributed by atoms with Gasteiger partial charge in [0, 0.05) is 12.0 Å². The van der Waals surface area contributed by atoms with Gasteiger partial charge in [-0.3, -0.25) is 4.79 Å². The van der Waals surface area contributed by atoms with Gasteiger partial charge in [0.1, 0.15) is 5.75 Å². The van der Waals surface area contributed by atoms with Crippen LogP contribution in [0.5, 0.6) is 5.75 Å². The molecule has 6 heteroatoms. The maximum Gasteiger partial charge on any atom is 0.220 e. The molecule has 0 unspecified atom stereocenters. The largest absolute Gasteiger partial charge is 0.495 e. The lowest BCUT2D eigenvalue weighted by molar-refractivity contribution is -0.121. The van der Waals surface area contributed by atoms with E-state index in [1.54, 1.807) is 18.4 Å². The summed E-state index contributed by atoms with van der Waals surface area (Å²) < 4.78 is 5.17. The molecular weight excluding hydrogens is 320 g/mol. The second kappa shape index (κ2) is 7.61. The number of ether oxygens (including phenoxy) is 1. The zero-order chi connectivity index (χ0) is 16.1. The molecule has 0 atom stereocenters. The van der Waals surface area contributed by atoms with E-state index in [2.05, 4.69) is 10.3 Å². The van der Waals surface area contributed by atoms with Crippen LogP contribution < -0.4 is 10.1 Å². The van der Waals surface area contributed by atoms with E-state index in [-0.39, 0.29) is 5.91 Å². The molecule has 0 spiro atoms. The fraction of sp³-hybridized carbons (Fsp3) is 0.375. The first-order valence-corrected chi connectivity index (χ1v) is 8.31. The molecule has 0 aliphatic heterocycles. The number of hydrogen-bond acceptors (Lipinski definition) is 4. The topological polar surface area (TPSA) is 51.2 Å². The van der Waals surface area contributed by atoms with Crippen LogP contribution in [0.15, 0.2) is 18.2 Å². The van der Waals surface area contributed by atoms with Crippen LogP contribution in [0, 0.1) is 6.92 Å². The summed E-state index contributed by atoms with van der Waals surface area (Å²) in [5.74, 6) is 0.697. The Morgan fingerprint density at radius 3 is 2.86 bits per heavy atom. The predicted molar refractivity (Wildman–Crippen MR) is 90.6 cm³/mol. The number of halogens is 1. The Kier molecular flexibility index (Phi) is 5.80. The number of nitrogens with zero attached hydrogens (tertiary/aromatic N) is 1. The first kappa shape index (κ1) is 16.8. The van der Waals surface area contributed by atoms with Crippen molar-refractivity contribution in [2.45, 2.75) is 33.2 Å². The SMILES string of the molecule is CCCC(=O)NCc1sc(C)nc1-c1ccc(OC)c(Cl)c1. The molecule has 118 valence electrons. The molecule has 0 saturated carbocycles. The van der Waals surface area contributed by atoms with Gasteiger partial charge in [0.15, 0.2) is 0 Å². The van der Waals surface area contributed by atoms with Crippen molar-refractivity contribution >= 4 is 28.8 Å². The minimum atomic E-state index is 0.0623. The summed E-state index contributed by atoms with van der Waals surface area (Å²) in [6.45, 7) is 4.43. The smallest absolute Gasteiger partial charge is 0.220 e. The van der Waals surface area contributed by atoms with Gasteiger partial charge in [0.25, 0.3) is 0 Å². The quantitative estimate of drug-likeness (QED) is 0.858. The molecule has 1 aromatic heterocycles. The van der Waals surface area contributed by atoms with Crippen molar-refractivity contribution in [1.82, 2.24) is 10.3 Å². The molecule has 2 aromatic rings. The Labute approximate surface area is 139 Å². The molecule has 22 heavy (non-hydrogen) atoms. The molecule has 1 N–H and O–H groups in total. The highest BCUT2D eigenvalue weighted by atomic mass is 35.5. The van der Waals surface area contributed by atoms with Crippen molar-refractivity contribution in [3.05, 3.63) is 33.1 Å². The molecular formula is C16H19ClN2O2S. The third-order valence-corrected chi connectivity index (χ3v) is 4.42. The number of hydrogen-bond donors (Lipinski definition) is 1. The molecule has 0 radical (unpaired) electrons. The highest BCUT2D eigenvalue weighted by Gasteiger charge is 2.14. The summed E-state index contributed by atoms with van der Waals surface area (Å²) in [5, 5.41) is 4.44. The number of carbonyl (C=O) groups excluding carboxylic acids is 1. The van der Waals surface area contributed by atoms with Crippen LogP contribution >= 0.6 is 22.9 Å². The van der Waals surface area contributed by atoms with E-state index >= 15 is 0 Å². The lowest BCUT2D eigenvalue weighted by atomic mass is 10.1. The normalized spacial score (nSPS) is 10.5. The molecule has 1 aromatic carbocycles. The fourth-order valence-electron chi connectivity index (χ4n) is 2.12. The van der Waals surface area contributed by atoms with Gasteiger partial charge in [0.05, 0.1) is 34.3 Å². The molecule has 0 saturated heterocycles. The Balaban J connectivity index is 2.24. The second-order valence-corrected chi connectivity index (χ2v) is 6.58. The lowest BCUT2D eigenvalue weighted by Gasteiger charge is -2.07. The van der Waals surface area contributed by atoms with Crippen molar-refractivity contribution in [2.75, 3.05) is 7.11 Å². The van der Waals surface area contributed by atoms with Gasteiger partial charge in [-0.2, -0.15) is 0 Å². The van der Waals surface area contributed by atoms with E-state index < -0.39 is 0 Å². The highest BCUT2D eigenvalue weighted by molar-refractivity contribution is 7.12. The monoisotopic (exact) mass is 338 g/mol. The number of aryl methyl sites for hydroxylation is 1. The standard InChI is InChI=1S/C16H19ClN2O2S/c1-4-5-15(20)18-9-14-16(19-10(2)22-14)11-6-7-13(21-3)12(17)8-11/h6-8H,4-5,9H2,1-3H3,(H,18,20). The van der Waals surface area contributed by atoms with E-state index in [4.69, 9.17) is 16.3 Å². The van der Waals surface area contributed by atoms with Crippen molar-refractivity contribution in [3.63, 3.8) is 0 Å². The zero-order valence-electron chi connectivity index (χ0n) is 12.9. The van der Waals surface area contributed by atoms with E-state index in [1.807, 2.05) is 32.0 Å². The van der Waals surface area contributed by atoms with Crippen LogP contribution in [0.2, 0.25) is 5.02 Å². The van der Waals surface area contributed by atoms with Gasteiger partial charge in [0.2, 0.25) is 5.91 Å². The minimum absolute atomic E-state index is 0.0623. The average molecular weight is 339 g/mol. The van der Waals surface area contributed by atoms with Gasteiger partial charge >= 0.3 is 0 Å². The van der Waals surface area contributed by atoms with Crippen molar-refractivity contribution in [2.24, 2.45) is 0 Å². The number of methoxy groups -OCH3 is 1. The highest BCUT2D eigenvalue weighted by Crippen LogP contribution is 2.33. The summed E-state index contributed by atoms with van der Waals surface area (Å²) in [5.41, 5.74) is 1.79. The van der Waals surface area contributed by atoms with E-state index in [0.29, 0.717) is 23.7 Å². The molecule has 1 amide bonds. The first-order valence-electron chi connectivity index (χ1n) is 7.12. The van der Waals surface area contributed by atoms with Crippen LogP contribution in [0.25, 0.3) is 11.3 Å². The average Bonchev–Trinajstić information content (AvgIpc) is 2.86. The molecule has 0 fully saturated rings. The summed E-state index contributed by atoms with van der Waals surface area (Å²) in [6, 6.07) is 5.59. The Hall–Kier alpha value is -1.59. The molecule has 0 bridgehead atoms. The van der Waals surface area contributed by atoms with Gasteiger partial charge in [-0.15, -0.1) is 11.3 Å². The van der Waals surface area contributed by atoms with Crippen molar-refractivity contribution < 1.29 is 9.53 Å². The number of nitrogens with one attached hydrogen (secondary N) is 1. The summed E-state index contributed by atoms with van der Waals surface area (Å²) >= 11 is 7.77. The third kappa shape index (κ3) is 3.99. The maximum absolute atomic E-state index is 11.6. The lowest BCUT2D eigenvalue weighted by Crippen LogP contribution is -2.21. The summed E-state index contributed by atoms with van der Waals surface area (Å²) in [4.78, 5) is 17.2. The summed E-state index contributed by atoms with van der Waals surface area (Å²) in [7, 11) is 1.59. The Morgan fingerprint density at radius 2 is 2.23 bits per heavy atom. The van der Waals surface area contributed by atoms with Gasteiger partial charge < -0.3 is 10.1 Å². The van der Waals surface area contributed by atoms with Gasteiger partial charge in [-0.25, -0.2) is 4.98 Å². The van der Waals surface area contributed by atoms with Crippen LogP contribution in [0.1, 0.15) is 29.7 Å². The van der Waals surface area contributed by atoms with Crippen molar-refractivity contribution in [3.8, 4) is 17.0 Å². The van der Waals surface area contributed by atoms with Gasteiger partial charge in [-0.05, 0) is 31.5 Å². The van der Waals surface area contributed by atoms with Crippen LogP contribution in [-0.4, -0.2) is 18.0 Å². The minimum Gasteiger partial charge on any atom is -0.495 e. The van der Waals surface area contributed by atoms with Crippen LogP contribution in [0.3, 0.4) is 0 Å². The van der Waals surface area contributed by atoms with Crippen molar-refractivity contribution in [1.29, 1.82) is 0 Å². The maximum atomic E-state index is 11.6. The van der Waals surface area contributed by atoms with E-state index in [0.717, 1.165) is 27.6 Å². The van der Waals surface area contributed by atoms with Gasteiger partial charge in [-0.1, -0.05) is 18.5 Å². The van der Waals surface area contributed by atoms with E-state index in [9.17, 15) is 4.79 Å². The first-order chi connectivity index (χ1) is 10.5. The number of benzene rings is 1. The second-order valence-electron chi connectivity index (χ2n) is 4.88. The van der Waals surface area contributed by atoms with E-state index in [1.165, 1.54) is 0 Å². The Bertz CT molecular complexity index is 670. The third-order valence-electron chi connectivity index (χ3n) is 3.15. The molecule has 0 aliphatic carbocycles. The number of thiazole rings is 1. The number of carbonyl (C=O) groups is 1. The zero-order valence-corrected chi connectivity index (χ0v) is 14.5. The molecule has 2 rings (SSSR count). The molecule has 1 heterocycles. The number of aromatic nitrogens is 1. The van der Waals surface area contributed by atoms with Crippen LogP contribution in [-0.2, 0) is 11.3 Å². The molecule has 0 aliphatic rings. The predicted octanol–water partition coefficient (Wildman–Crippen LogP) is 4.20. The number of amides is 1. The Morgan fingerprint density at radius 1 is 1.45 bits per heavy atom. The fourth-order valence-corrected chi connectivity index (χ4v) is 3.28. The summed E-state index contributed by atoms with van der Waals surface area (Å²) in [6.07, 6.45) is 1.38. The number of rotatable bonds is 6. The van der Waals surface area contributed by atoms with Crippen LogP contribution in [0.4, 0.5) is 0 Å².